The quantitative estimate of drug-likeness (QED) is 0.851. The fourth-order valence-electron chi connectivity index (χ4n) is 4.96. The summed E-state index contributed by atoms with van der Waals surface area (Å²) in [5.74, 6) is 1.20. The van der Waals surface area contributed by atoms with Crippen LogP contribution >= 0.6 is 0 Å². The van der Waals surface area contributed by atoms with Crippen LogP contribution in [0.5, 0.6) is 0 Å². The minimum absolute atomic E-state index is 0.0709. The molecule has 1 aromatic rings. The molecule has 132 valence electrons. The van der Waals surface area contributed by atoms with Crippen LogP contribution in [0.15, 0.2) is 16.7 Å². The zero-order valence-electron chi connectivity index (χ0n) is 14.9. The van der Waals surface area contributed by atoms with Gasteiger partial charge in [0.05, 0.1) is 6.26 Å². The normalized spacial score (nSPS) is 31.6. The highest BCUT2D eigenvalue weighted by molar-refractivity contribution is 5.92. The molecule has 3 fully saturated rings. The van der Waals surface area contributed by atoms with E-state index in [-0.39, 0.29) is 5.91 Å². The van der Waals surface area contributed by atoms with E-state index in [0.717, 1.165) is 25.1 Å². The number of likely N-dealkylation sites (N-methyl/N-ethyl adjacent to an activating group) is 1. The fourth-order valence-corrected chi connectivity index (χ4v) is 4.96. The monoisotopic (exact) mass is 331 g/mol. The van der Waals surface area contributed by atoms with Crippen molar-refractivity contribution in [2.75, 3.05) is 39.8 Å². The van der Waals surface area contributed by atoms with E-state index in [9.17, 15) is 4.79 Å². The number of piperidine rings is 1. The smallest absolute Gasteiger partial charge is 0.289 e. The SMILES string of the molecule is Cc1ccoc1C(=O)N1CCC2C(C[C@@H](CN3CCCC3)N2C)C1. The fraction of sp³-hybridized carbons (Fsp3) is 0.737. The van der Waals surface area contributed by atoms with Crippen molar-refractivity contribution in [2.24, 2.45) is 5.92 Å². The molecule has 3 atom stereocenters. The first-order chi connectivity index (χ1) is 11.6. The van der Waals surface area contributed by atoms with Gasteiger partial charge in [-0.2, -0.15) is 0 Å². The standard InChI is InChI=1S/C19H29N3O2/c1-14-6-10-24-18(14)19(23)22-9-5-17-15(12-22)11-16(20(17)2)13-21-7-3-4-8-21/h6,10,15-17H,3-5,7-9,11-13H2,1-2H3/t15?,16-,17?/m0/s1. The number of carbonyl (C=O) groups excluding carboxylic acids is 1. The second-order valence-electron chi connectivity index (χ2n) is 7.86. The molecule has 3 aliphatic rings. The first kappa shape index (κ1) is 16.2. The minimum Gasteiger partial charge on any atom is -0.459 e. The third-order valence-corrected chi connectivity index (χ3v) is 6.38. The number of rotatable bonds is 3. The van der Waals surface area contributed by atoms with E-state index in [4.69, 9.17) is 4.42 Å². The van der Waals surface area contributed by atoms with Crippen molar-refractivity contribution >= 4 is 5.91 Å². The number of aryl methyl sites for hydroxylation is 1. The van der Waals surface area contributed by atoms with E-state index in [2.05, 4.69) is 16.8 Å². The van der Waals surface area contributed by atoms with E-state index < -0.39 is 0 Å². The summed E-state index contributed by atoms with van der Waals surface area (Å²) in [5, 5.41) is 0. The van der Waals surface area contributed by atoms with E-state index in [1.54, 1.807) is 6.26 Å². The van der Waals surface area contributed by atoms with Crippen LogP contribution < -0.4 is 0 Å². The molecule has 0 bridgehead atoms. The maximum absolute atomic E-state index is 12.7. The Kier molecular flexibility index (Phi) is 4.39. The van der Waals surface area contributed by atoms with E-state index in [1.807, 2.05) is 17.9 Å². The van der Waals surface area contributed by atoms with Crippen LogP contribution in [-0.2, 0) is 0 Å². The van der Waals surface area contributed by atoms with Gasteiger partial charge in [0.1, 0.15) is 0 Å². The van der Waals surface area contributed by atoms with Crippen molar-refractivity contribution in [3.63, 3.8) is 0 Å². The number of hydrogen-bond donors (Lipinski definition) is 0. The van der Waals surface area contributed by atoms with Gasteiger partial charge in [-0.25, -0.2) is 0 Å². The molecule has 0 aliphatic carbocycles. The molecule has 5 heteroatoms. The van der Waals surface area contributed by atoms with Gasteiger partial charge >= 0.3 is 0 Å². The molecule has 3 saturated heterocycles. The van der Waals surface area contributed by atoms with Crippen LogP contribution in [0.2, 0.25) is 0 Å². The Morgan fingerprint density at radius 1 is 1.29 bits per heavy atom. The van der Waals surface area contributed by atoms with Crippen molar-refractivity contribution in [3.05, 3.63) is 23.7 Å². The molecule has 4 heterocycles. The van der Waals surface area contributed by atoms with Gasteiger partial charge < -0.3 is 14.2 Å². The number of furan rings is 1. The number of nitrogens with zero attached hydrogens (tertiary/aromatic N) is 3. The molecular weight excluding hydrogens is 302 g/mol. The summed E-state index contributed by atoms with van der Waals surface area (Å²) in [6.07, 6.45) is 6.63. The van der Waals surface area contributed by atoms with Crippen LogP contribution in [0.25, 0.3) is 0 Å². The summed E-state index contributed by atoms with van der Waals surface area (Å²) < 4.78 is 5.41. The molecule has 0 saturated carbocycles. The number of hydrogen-bond acceptors (Lipinski definition) is 4. The summed E-state index contributed by atoms with van der Waals surface area (Å²) >= 11 is 0. The highest BCUT2D eigenvalue weighted by atomic mass is 16.3. The predicted octanol–water partition coefficient (Wildman–Crippen LogP) is 2.22. The first-order valence-electron chi connectivity index (χ1n) is 9.41. The number of amides is 1. The van der Waals surface area contributed by atoms with Crippen molar-refractivity contribution in [3.8, 4) is 0 Å². The molecule has 1 amide bonds. The Bertz CT molecular complexity index is 593. The Balaban J connectivity index is 1.40. The lowest BCUT2D eigenvalue weighted by molar-refractivity contribution is 0.0574. The molecule has 2 unspecified atom stereocenters. The van der Waals surface area contributed by atoms with Gasteiger partial charge in [-0.15, -0.1) is 0 Å². The van der Waals surface area contributed by atoms with E-state index in [1.165, 1.54) is 38.9 Å². The van der Waals surface area contributed by atoms with Crippen LogP contribution in [0, 0.1) is 12.8 Å². The van der Waals surface area contributed by atoms with Gasteiger partial charge in [0.25, 0.3) is 5.91 Å². The second-order valence-corrected chi connectivity index (χ2v) is 7.86. The second kappa shape index (κ2) is 6.52. The lowest BCUT2D eigenvalue weighted by atomic mass is 9.92. The molecule has 24 heavy (non-hydrogen) atoms. The maximum Gasteiger partial charge on any atom is 0.289 e. The van der Waals surface area contributed by atoms with E-state index >= 15 is 0 Å². The molecule has 5 nitrogen and oxygen atoms in total. The van der Waals surface area contributed by atoms with Gasteiger partial charge in [0.15, 0.2) is 5.76 Å². The number of likely N-dealkylation sites (tertiary alicyclic amines) is 3. The number of fused-ring (bicyclic) bond motifs is 1. The largest absolute Gasteiger partial charge is 0.459 e. The van der Waals surface area contributed by atoms with Gasteiger partial charge in [0.2, 0.25) is 0 Å². The first-order valence-corrected chi connectivity index (χ1v) is 9.41. The van der Waals surface area contributed by atoms with Gasteiger partial charge in [-0.05, 0) is 64.7 Å². The number of carbonyl (C=O) groups is 1. The molecule has 1 aromatic heterocycles. The van der Waals surface area contributed by atoms with Gasteiger partial charge in [-0.1, -0.05) is 0 Å². The molecular formula is C19H29N3O2. The van der Waals surface area contributed by atoms with Crippen LogP contribution in [0.1, 0.15) is 41.8 Å². The third-order valence-electron chi connectivity index (χ3n) is 6.38. The van der Waals surface area contributed by atoms with Crippen LogP contribution in [0.4, 0.5) is 0 Å². The minimum atomic E-state index is 0.0709. The zero-order chi connectivity index (χ0) is 16.7. The van der Waals surface area contributed by atoms with Crippen molar-refractivity contribution in [1.82, 2.24) is 14.7 Å². The average Bonchev–Trinajstić information content (AvgIpc) is 3.29. The molecule has 0 aromatic carbocycles. The summed E-state index contributed by atoms with van der Waals surface area (Å²) in [6.45, 7) is 7.41. The average molecular weight is 331 g/mol. The Labute approximate surface area is 144 Å². The Morgan fingerprint density at radius 2 is 2.08 bits per heavy atom. The Morgan fingerprint density at radius 3 is 2.79 bits per heavy atom. The van der Waals surface area contributed by atoms with Crippen LogP contribution in [-0.4, -0.2) is 72.5 Å². The van der Waals surface area contributed by atoms with E-state index in [0.29, 0.717) is 23.8 Å². The zero-order valence-corrected chi connectivity index (χ0v) is 14.9. The summed E-state index contributed by atoms with van der Waals surface area (Å²) in [6, 6.07) is 3.16. The lowest BCUT2D eigenvalue weighted by Crippen LogP contribution is -2.48. The maximum atomic E-state index is 12.7. The highest BCUT2D eigenvalue weighted by Crippen LogP contribution is 2.35. The topological polar surface area (TPSA) is 39.9 Å². The van der Waals surface area contributed by atoms with Crippen molar-refractivity contribution < 1.29 is 9.21 Å². The molecule has 3 aliphatic heterocycles. The van der Waals surface area contributed by atoms with Crippen molar-refractivity contribution in [2.45, 2.75) is 44.7 Å². The molecule has 0 radical (unpaired) electrons. The third kappa shape index (κ3) is 2.88. The summed E-state index contributed by atoms with van der Waals surface area (Å²) in [7, 11) is 2.29. The molecule has 4 rings (SSSR count). The molecule has 0 N–H and O–H groups in total. The van der Waals surface area contributed by atoms with Gasteiger partial charge in [0, 0.05) is 37.3 Å². The van der Waals surface area contributed by atoms with Crippen LogP contribution in [0.3, 0.4) is 0 Å². The summed E-state index contributed by atoms with van der Waals surface area (Å²) in [4.78, 5) is 20.0. The molecule has 0 spiro atoms. The lowest BCUT2D eigenvalue weighted by Gasteiger charge is -2.37. The Hall–Kier alpha value is -1.33. The van der Waals surface area contributed by atoms with Crippen molar-refractivity contribution in [1.29, 1.82) is 0 Å². The highest BCUT2D eigenvalue weighted by Gasteiger charge is 2.43. The summed E-state index contributed by atoms with van der Waals surface area (Å²) in [5.41, 5.74) is 0.942. The van der Waals surface area contributed by atoms with Gasteiger partial charge in [-0.3, -0.25) is 9.69 Å². The predicted molar refractivity (Wildman–Crippen MR) is 93.1 cm³/mol.